The van der Waals surface area contributed by atoms with Gasteiger partial charge in [0, 0.05) is 24.9 Å². The van der Waals surface area contributed by atoms with Crippen LogP contribution in [-0.2, 0) is 4.74 Å². The first kappa shape index (κ1) is 16.8. The third-order valence-electron chi connectivity index (χ3n) is 4.63. The second kappa shape index (κ2) is 6.69. The molecule has 2 aliphatic heterocycles. The van der Waals surface area contributed by atoms with E-state index in [0.29, 0.717) is 17.6 Å². The van der Waals surface area contributed by atoms with E-state index in [2.05, 4.69) is 11.0 Å². The van der Waals surface area contributed by atoms with Crippen LogP contribution in [-0.4, -0.2) is 35.4 Å². The lowest BCUT2D eigenvalue weighted by molar-refractivity contribution is 0.00706. The third kappa shape index (κ3) is 3.27. The number of aryl methyl sites for hydroxylation is 2. The Labute approximate surface area is 137 Å². The van der Waals surface area contributed by atoms with Gasteiger partial charge in [-0.1, -0.05) is 17.2 Å². The molecule has 2 unspecified atom stereocenters. The first-order valence-corrected chi connectivity index (χ1v) is 7.64. The highest BCUT2D eigenvalue weighted by Gasteiger charge is 2.40. The molecule has 3 rings (SSSR count). The Hall–Kier alpha value is -1.55. The fraction of sp³-hybridized carbons (Fsp3) is 0.529. The molecule has 2 bridgehead atoms. The van der Waals surface area contributed by atoms with Gasteiger partial charge in [-0.3, -0.25) is 5.41 Å². The molecule has 0 aromatic heterocycles. The fourth-order valence-electron chi connectivity index (χ4n) is 3.78. The lowest BCUT2D eigenvalue weighted by Crippen LogP contribution is -2.44. The van der Waals surface area contributed by atoms with Crippen molar-refractivity contribution >= 4 is 24.7 Å². The van der Waals surface area contributed by atoms with Crippen LogP contribution in [0.4, 0.5) is 0 Å². The summed E-state index contributed by atoms with van der Waals surface area (Å²) in [5, 5.41) is 7.48. The smallest absolute Gasteiger partial charge is 0.338 e. The van der Waals surface area contributed by atoms with Crippen LogP contribution in [0.1, 0.15) is 47.2 Å². The number of carbonyl (C=O) groups is 1. The summed E-state index contributed by atoms with van der Waals surface area (Å²) in [6.07, 6.45) is 5.36. The zero-order chi connectivity index (χ0) is 15.0. The fourth-order valence-corrected chi connectivity index (χ4v) is 3.78. The topological polar surface area (TPSA) is 53.4 Å². The van der Waals surface area contributed by atoms with Crippen LogP contribution in [0, 0.1) is 19.3 Å². The van der Waals surface area contributed by atoms with Crippen molar-refractivity contribution in [1.82, 2.24) is 4.90 Å². The molecule has 2 heterocycles. The van der Waals surface area contributed by atoms with Crippen LogP contribution in [0.25, 0.3) is 0 Å². The van der Waals surface area contributed by atoms with E-state index >= 15 is 0 Å². The number of halogens is 1. The van der Waals surface area contributed by atoms with Crippen molar-refractivity contribution in [2.45, 2.75) is 57.7 Å². The van der Waals surface area contributed by atoms with Gasteiger partial charge in [0.15, 0.2) is 0 Å². The molecule has 2 saturated heterocycles. The molecule has 1 N–H and O–H groups in total. The molecule has 1 aromatic rings. The van der Waals surface area contributed by atoms with Crippen LogP contribution in [0.15, 0.2) is 18.2 Å². The average molecular weight is 323 g/mol. The number of ether oxygens (including phenoxy) is 1. The van der Waals surface area contributed by atoms with Gasteiger partial charge in [0.2, 0.25) is 0 Å². The number of benzene rings is 1. The SMILES string of the molecule is Cc1cc(C)cc(C(=O)OC2CC3CCC(C2)N3C=N)c1.Cl. The third-order valence-corrected chi connectivity index (χ3v) is 4.63. The van der Waals surface area contributed by atoms with E-state index in [1.165, 1.54) is 6.34 Å². The van der Waals surface area contributed by atoms with Crippen molar-refractivity contribution in [2.75, 3.05) is 0 Å². The summed E-state index contributed by atoms with van der Waals surface area (Å²) in [4.78, 5) is 14.4. The van der Waals surface area contributed by atoms with Crippen LogP contribution >= 0.6 is 12.4 Å². The molecule has 22 heavy (non-hydrogen) atoms. The molecular weight excluding hydrogens is 300 g/mol. The predicted molar refractivity (Wildman–Crippen MR) is 89.0 cm³/mol. The minimum atomic E-state index is -0.213. The van der Waals surface area contributed by atoms with Crippen molar-refractivity contribution in [1.29, 1.82) is 5.41 Å². The summed E-state index contributed by atoms with van der Waals surface area (Å²) in [6, 6.07) is 6.57. The Balaban J connectivity index is 0.00000176. The van der Waals surface area contributed by atoms with Crippen LogP contribution in [0.5, 0.6) is 0 Å². The summed E-state index contributed by atoms with van der Waals surface area (Å²) in [6.45, 7) is 3.99. The van der Waals surface area contributed by atoms with E-state index in [-0.39, 0.29) is 24.5 Å². The van der Waals surface area contributed by atoms with Crippen molar-refractivity contribution in [3.05, 3.63) is 34.9 Å². The van der Waals surface area contributed by atoms with Gasteiger partial charge < -0.3 is 9.64 Å². The predicted octanol–water partition coefficient (Wildman–Crippen LogP) is 3.48. The number of nitrogens with one attached hydrogen (secondary N) is 1. The van der Waals surface area contributed by atoms with Crippen molar-refractivity contribution in [3.8, 4) is 0 Å². The normalized spacial score (nSPS) is 26.3. The molecule has 4 nitrogen and oxygen atoms in total. The van der Waals surface area contributed by atoms with Gasteiger partial charge in [-0.05, 0) is 38.8 Å². The van der Waals surface area contributed by atoms with E-state index < -0.39 is 0 Å². The van der Waals surface area contributed by atoms with Crippen molar-refractivity contribution in [2.24, 2.45) is 0 Å². The summed E-state index contributed by atoms with van der Waals surface area (Å²) in [5.41, 5.74) is 2.82. The molecule has 0 radical (unpaired) electrons. The van der Waals surface area contributed by atoms with Crippen LogP contribution in [0.3, 0.4) is 0 Å². The molecule has 0 saturated carbocycles. The summed E-state index contributed by atoms with van der Waals surface area (Å²) >= 11 is 0. The largest absolute Gasteiger partial charge is 0.459 e. The Bertz CT molecular complexity index is 542. The maximum atomic E-state index is 12.3. The number of hydrogen-bond acceptors (Lipinski definition) is 3. The first-order valence-electron chi connectivity index (χ1n) is 7.64. The lowest BCUT2D eigenvalue weighted by Gasteiger charge is -2.37. The standard InChI is InChI=1S/C17H22N2O2.ClH/c1-11-5-12(2)7-13(6-11)17(20)21-16-8-14-3-4-15(9-16)19(14)10-18;/h5-7,10,14-16,18H,3-4,8-9H2,1-2H3;1H. The summed E-state index contributed by atoms with van der Waals surface area (Å²) in [5.74, 6) is -0.213. The maximum absolute atomic E-state index is 12.3. The molecule has 0 amide bonds. The zero-order valence-electron chi connectivity index (χ0n) is 13.0. The molecule has 120 valence electrons. The van der Waals surface area contributed by atoms with E-state index in [0.717, 1.165) is 36.8 Å². The zero-order valence-corrected chi connectivity index (χ0v) is 13.9. The molecule has 2 atom stereocenters. The highest BCUT2D eigenvalue weighted by atomic mass is 35.5. The molecule has 2 aliphatic rings. The quantitative estimate of drug-likeness (QED) is 0.526. The van der Waals surface area contributed by atoms with E-state index in [4.69, 9.17) is 10.1 Å². The summed E-state index contributed by atoms with van der Waals surface area (Å²) in [7, 11) is 0. The average Bonchev–Trinajstić information content (AvgIpc) is 2.67. The molecule has 5 heteroatoms. The second-order valence-electron chi connectivity index (χ2n) is 6.34. The number of esters is 1. The highest BCUT2D eigenvalue weighted by molar-refractivity contribution is 5.90. The maximum Gasteiger partial charge on any atom is 0.338 e. The Morgan fingerprint density at radius 1 is 1.18 bits per heavy atom. The van der Waals surface area contributed by atoms with Gasteiger partial charge in [0.05, 0.1) is 11.9 Å². The van der Waals surface area contributed by atoms with Gasteiger partial charge in [-0.15, -0.1) is 12.4 Å². The molecular formula is C17H23ClN2O2. The first-order chi connectivity index (χ1) is 10.1. The number of carbonyl (C=O) groups excluding carboxylic acids is 1. The Kier molecular flexibility index (Phi) is 5.12. The number of rotatable bonds is 3. The van der Waals surface area contributed by atoms with Crippen molar-refractivity contribution < 1.29 is 9.53 Å². The monoisotopic (exact) mass is 322 g/mol. The minimum absolute atomic E-state index is 0. The van der Waals surface area contributed by atoms with Gasteiger partial charge in [0.25, 0.3) is 0 Å². The molecule has 2 fully saturated rings. The van der Waals surface area contributed by atoms with Gasteiger partial charge in [-0.2, -0.15) is 0 Å². The molecule has 0 aliphatic carbocycles. The minimum Gasteiger partial charge on any atom is -0.459 e. The Morgan fingerprint density at radius 2 is 1.73 bits per heavy atom. The van der Waals surface area contributed by atoms with Gasteiger partial charge in [0.1, 0.15) is 6.10 Å². The highest BCUT2D eigenvalue weighted by Crippen LogP contribution is 2.36. The Morgan fingerprint density at radius 3 is 2.23 bits per heavy atom. The molecule has 0 spiro atoms. The number of nitrogens with zero attached hydrogens (tertiary/aromatic N) is 1. The van der Waals surface area contributed by atoms with E-state index in [9.17, 15) is 4.79 Å². The van der Waals surface area contributed by atoms with Gasteiger partial charge in [-0.25, -0.2) is 4.79 Å². The van der Waals surface area contributed by atoms with Crippen LogP contribution in [0.2, 0.25) is 0 Å². The van der Waals surface area contributed by atoms with E-state index in [1.54, 1.807) is 0 Å². The van der Waals surface area contributed by atoms with Gasteiger partial charge >= 0.3 is 5.97 Å². The molecule has 1 aromatic carbocycles. The van der Waals surface area contributed by atoms with E-state index in [1.807, 2.05) is 26.0 Å². The van der Waals surface area contributed by atoms with Crippen LogP contribution < -0.4 is 0 Å². The lowest BCUT2D eigenvalue weighted by atomic mass is 10.00. The summed E-state index contributed by atoms with van der Waals surface area (Å²) < 4.78 is 5.72. The van der Waals surface area contributed by atoms with Crippen molar-refractivity contribution in [3.63, 3.8) is 0 Å². The number of hydrogen-bond donors (Lipinski definition) is 1. The number of piperidine rings is 1. The number of fused-ring (bicyclic) bond motifs is 2. The second-order valence-corrected chi connectivity index (χ2v) is 6.34.